The van der Waals surface area contributed by atoms with Gasteiger partial charge >= 0.3 is 0 Å². The Labute approximate surface area is 118 Å². The summed E-state index contributed by atoms with van der Waals surface area (Å²) in [7, 11) is 0. The van der Waals surface area contributed by atoms with Gasteiger partial charge in [0.2, 0.25) is 5.91 Å². The van der Waals surface area contributed by atoms with Gasteiger partial charge in [0.25, 0.3) is 0 Å². The fourth-order valence-electron chi connectivity index (χ4n) is 1.98. The van der Waals surface area contributed by atoms with Gasteiger partial charge in [-0.25, -0.2) is 8.78 Å². The number of hydrogen-bond donors (Lipinski definition) is 2. The average Bonchev–Trinajstić information content (AvgIpc) is 2.45. The molecule has 0 radical (unpaired) electrons. The molecule has 1 amide bonds. The first-order valence-corrected chi connectivity index (χ1v) is 6.78. The molecule has 0 saturated carbocycles. The number of carbonyl (C=O) groups is 1. The van der Waals surface area contributed by atoms with Crippen LogP contribution in [0.2, 0.25) is 0 Å². The summed E-state index contributed by atoms with van der Waals surface area (Å²) in [5, 5.41) is 12.1. The Kier molecular flexibility index (Phi) is 6.07. The third-order valence-corrected chi connectivity index (χ3v) is 3.85. The number of halogens is 2. The second-order valence-corrected chi connectivity index (χ2v) is 5.05. The van der Waals surface area contributed by atoms with Crippen molar-refractivity contribution >= 4 is 5.91 Å². The van der Waals surface area contributed by atoms with Crippen LogP contribution in [0.1, 0.15) is 32.3 Å². The van der Waals surface area contributed by atoms with Gasteiger partial charge in [-0.3, -0.25) is 4.79 Å². The summed E-state index contributed by atoms with van der Waals surface area (Å²) in [4.78, 5) is 11.8. The van der Waals surface area contributed by atoms with Gasteiger partial charge < -0.3 is 10.4 Å². The number of hydrogen-bond acceptors (Lipinski definition) is 2. The van der Waals surface area contributed by atoms with Crippen LogP contribution in [0.15, 0.2) is 18.2 Å². The van der Waals surface area contributed by atoms with E-state index in [1.54, 1.807) is 0 Å². The van der Waals surface area contributed by atoms with Crippen LogP contribution in [0.4, 0.5) is 8.78 Å². The van der Waals surface area contributed by atoms with E-state index in [4.69, 9.17) is 0 Å². The first kappa shape index (κ1) is 16.6. The molecule has 0 fully saturated rings. The highest BCUT2D eigenvalue weighted by atomic mass is 19.1. The van der Waals surface area contributed by atoms with Gasteiger partial charge in [-0.15, -0.1) is 0 Å². The molecular formula is C15H21F2NO2. The standard InChI is InChI=1S/C15H21F2NO2/c1-3-15(4-2,10-19)9-18-14(20)8-11-7-12(16)5-6-13(11)17/h5-7,19H,3-4,8-10H2,1-2H3,(H,18,20). The van der Waals surface area contributed by atoms with Crippen molar-refractivity contribution < 1.29 is 18.7 Å². The number of carbonyl (C=O) groups excluding carboxylic acids is 1. The van der Waals surface area contributed by atoms with Crippen LogP contribution >= 0.6 is 0 Å². The van der Waals surface area contributed by atoms with E-state index >= 15 is 0 Å². The highest BCUT2D eigenvalue weighted by Gasteiger charge is 2.25. The molecule has 0 atom stereocenters. The molecule has 112 valence electrons. The summed E-state index contributed by atoms with van der Waals surface area (Å²) in [5.41, 5.74) is -0.319. The van der Waals surface area contributed by atoms with E-state index in [0.29, 0.717) is 6.54 Å². The summed E-state index contributed by atoms with van der Waals surface area (Å²) in [6.07, 6.45) is 1.25. The van der Waals surface area contributed by atoms with Gasteiger partial charge in [0.1, 0.15) is 11.6 Å². The third kappa shape index (κ3) is 4.27. The molecule has 5 heteroatoms. The SMILES string of the molecule is CCC(CC)(CO)CNC(=O)Cc1cc(F)ccc1F. The van der Waals surface area contributed by atoms with E-state index < -0.39 is 11.6 Å². The zero-order valence-corrected chi connectivity index (χ0v) is 11.9. The molecule has 0 heterocycles. The van der Waals surface area contributed by atoms with Crippen molar-refractivity contribution in [3.63, 3.8) is 0 Å². The summed E-state index contributed by atoms with van der Waals surface area (Å²) < 4.78 is 26.4. The Hall–Kier alpha value is -1.49. The Morgan fingerprint density at radius 3 is 2.50 bits per heavy atom. The zero-order valence-electron chi connectivity index (χ0n) is 11.9. The molecule has 3 nitrogen and oxygen atoms in total. The van der Waals surface area contributed by atoms with Gasteiger partial charge in [-0.05, 0) is 31.0 Å². The minimum Gasteiger partial charge on any atom is -0.396 e. The van der Waals surface area contributed by atoms with Crippen molar-refractivity contribution in [2.45, 2.75) is 33.1 Å². The van der Waals surface area contributed by atoms with Crippen molar-refractivity contribution in [2.24, 2.45) is 5.41 Å². The smallest absolute Gasteiger partial charge is 0.224 e. The van der Waals surface area contributed by atoms with Gasteiger partial charge in [0.15, 0.2) is 0 Å². The van der Waals surface area contributed by atoms with Crippen molar-refractivity contribution in [3.8, 4) is 0 Å². The van der Waals surface area contributed by atoms with Crippen LogP contribution in [-0.4, -0.2) is 24.2 Å². The fraction of sp³-hybridized carbons (Fsp3) is 0.533. The lowest BCUT2D eigenvalue weighted by Gasteiger charge is -2.29. The molecule has 0 unspecified atom stereocenters. The molecule has 0 aromatic heterocycles. The Morgan fingerprint density at radius 2 is 1.95 bits per heavy atom. The molecular weight excluding hydrogens is 264 g/mol. The van der Waals surface area contributed by atoms with Crippen LogP contribution in [0.3, 0.4) is 0 Å². The summed E-state index contributed by atoms with van der Waals surface area (Å²) >= 11 is 0. The van der Waals surface area contributed by atoms with Crippen LogP contribution < -0.4 is 5.32 Å². The molecule has 0 spiro atoms. The molecule has 0 saturated heterocycles. The predicted molar refractivity (Wildman–Crippen MR) is 73.2 cm³/mol. The Bertz CT molecular complexity index is 451. The lowest BCUT2D eigenvalue weighted by atomic mass is 9.83. The minimum absolute atomic E-state index is 0.0192. The highest BCUT2D eigenvalue weighted by molar-refractivity contribution is 5.78. The molecule has 0 aliphatic carbocycles. The second kappa shape index (κ2) is 7.33. The van der Waals surface area contributed by atoms with Crippen LogP contribution in [0.25, 0.3) is 0 Å². The summed E-state index contributed by atoms with van der Waals surface area (Å²) in [6.45, 7) is 4.19. The van der Waals surface area contributed by atoms with E-state index in [9.17, 15) is 18.7 Å². The predicted octanol–water partition coefficient (Wildman–Crippen LogP) is 2.42. The molecule has 1 aromatic carbocycles. The number of amides is 1. The van der Waals surface area contributed by atoms with E-state index in [1.807, 2.05) is 13.8 Å². The van der Waals surface area contributed by atoms with Gasteiger partial charge in [-0.2, -0.15) is 0 Å². The topological polar surface area (TPSA) is 49.3 Å². The first-order chi connectivity index (χ1) is 9.46. The second-order valence-electron chi connectivity index (χ2n) is 5.05. The van der Waals surface area contributed by atoms with Crippen molar-refractivity contribution in [3.05, 3.63) is 35.4 Å². The Balaban J connectivity index is 2.62. The highest BCUT2D eigenvalue weighted by Crippen LogP contribution is 2.24. The van der Waals surface area contributed by atoms with Crippen LogP contribution in [0.5, 0.6) is 0 Å². The largest absolute Gasteiger partial charge is 0.396 e. The Morgan fingerprint density at radius 1 is 1.30 bits per heavy atom. The van der Waals surface area contributed by atoms with E-state index in [1.165, 1.54) is 0 Å². The van der Waals surface area contributed by atoms with Gasteiger partial charge in [0, 0.05) is 17.5 Å². The average molecular weight is 285 g/mol. The van der Waals surface area contributed by atoms with E-state index in [-0.39, 0.29) is 29.9 Å². The molecule has 20 heavy (non-hydrogen) atoms. The number of aliphatic hydroxyl groups is 1. The summed E-state index contributed by atoms with van der Waals surface area (Å²) in [5.74, 6) is -1.55. The third-order valence-electron chi connectivity index (χ3n) is 3.85. The molecule has 1 rings (SSSR count). The molecule has 0 bridgehead atoms. The maximum absolute atomic E-state index is 13.4. The quantitative estimate of drug-likeness (QED) is 0.808. The molecule has 1 aromatic rings. The normalized spacial score (nSPS) is 11.4. The molecule has 0 aliphatic rings. The number of rotatable bonds is 7. The fourth-order valence-corrected chi connectivity index (χ4v) is 1.98. The summed E-state index contributed by atoms with van der Waals surface area (Å²) in [6, 6.07) is 3.05. The molecule has 2 N–H and O–H groups in total. The van der Waals surface area contributed by atoms with Gasteiger partial charge in [-0.1, -0.05) is 13.8 Å². The van der Waals surface area contributed by atoms with Crippen molar-refractivity contribution in [1.82, 2.24) is 5.32 Å². The first-order valence-electron chi connectivity index (χ1n) is 6.78. The zero-order chi connectivity index (χ0) is 15.2. The lowest BCUT2D eigenvalue weighted by Crippen LogP contribution is -2.40. The van der Waals surface area contributed by atoms with Gasteiger partial charge in [0.05, 0.1) is 13.0 Å². The van der Waals surface area contributed by atoms with Crippen LogP contribution in [0, 0.1) is 17.0 Å². The number of nitrogens with one attached hydrogen (secondary N) is 1. The lowest BCUT2D eigenvalue weighted by molar-refractivity contribution is -0.121. The van der Waals surface area contributed by atoms with Crippen LogP contribution in [-0.2, 0) is 11.2 Å². The van der Waals surface area contributed by atoms with Crippen molar-refractivity contribution in [2.75, 3.05) is 13.2 Å². The minimum atomic E-state index is -0.596. The van der Waals surface area contributed by atoms with E-state index in [0.717, 1.165) is 31.0 Å². The van der Waals surface area contributed by atoms with Crippen molar-refractivity contribution in [1.29, 1.82) is 0 Å². The molecule has 0 aliphatic heterocycles. The maximum atomic E-state index is 13.4. The van der Waals surface area contributed by atoms with E-state index in [2.05, 4.69) is 5.32 Å². The number of benzene rings is 1. The maximum Gasteiger partial charge on any atom is 0.224 e. The number of aliphatic hydroxyl groups excluding tert-OH is 1. The monoisotopic (exact) mass is 285 g/mol.